The maximum atomic E-state index is 11.0. The molecule has 0 saturated heterocycles. The molecule has 0 aliphatic rings. The summed E-state index contributed by atoms with van der Waals surface area (Å²) in [6, 6.07) is 0. The van der Waals surface area contributed by atoms with Gasteiger partial charge in [0.1, 0.15) is 0 Å². The molecule has 1 atom stereocenters. The fraction of sp³-hybridized carbons (Fsp3) is 0.857. The minimum atomic E-state index is -4.89. The van der Waals surface area contributed by atoms with E-state index >= 15 is 0 Å². The molecule has 10 heteroatoms. The van der Waals surface area contributed by atoms with Crippen LogP contribution in [0.5, 0.6) is 0 Å². The Morgan fingerprint density at radius 3 is 1.88 bits per heavy atom. The Balaban J connectivity index is 4.68. The Morgan fingerprint density at radius 2 is 1.59 bits per heavy atom. The second kappa shape index (κ2) is 6.09. The number of carbonyl (C=O) groups excluding carboxylic acids is 1. The van der Waals surface area contributed by atoms with Gasteiger partial charge in [-0.1, -0.05) is 6.92 Å². The molecule has 0 heterocycles. The summed E-state index contributed by atoms with van der Waals surface area (Å²) in [5.74, 6) is -1.23. The summed E-state index contributed by atoms with van der Waals surface area (Å²) in [6.07, 6.45) is 0.0699. The van der Waals surface area contributed by atoms with Crippen LogP contribution in [-0.2, 0) is 13.9 Å². The average molecular weight is 289 g/mol. The van der Waals surface area contributed by atoms with Gasteiger partial charge in [-0.15, -0.1) is 0 Å². The summed E-state index contributed by atoms with van der Waals surface area (Å²) < 4.78 is 22.1. The molecule has 0 saturated carbocycles. The molecule has 1 amide bonds. The summed E-state index contributed by atoms with van der Waals surface area (Å²) in [4.78, 5) is 46.3. The Morgan fingerprint density at radius 1 is 1.18 bits per heavy atom. The average Bonchev–Trinajstić information content (AvgIpc) is 1.96. The fourth-order valence-electron chi connectivity index (χ4n) is 1.48. The highest BCUT2D eigenvalue weighted by Gasteiger charge is 2.46. The van der Waals surface area contributed by atoms with Crippen molar-refractivity contribution in [3.05, 3.63) is 0 Å². The summed E-state index contributed by atoms with van der Waals surface area (Å²) in [7, 11) is -9.79. The summed E-state index contributed by atoms with van der Waals surface area (Å²) in [6.45, 7) is 2.70. The molecule has 5 N–H and O–H groups in total. The van der Waals surface area contributed by atoms with Crippen molar-refractivity contribution in [3.8, 4) is 0 Å². The van der Waals surface area contributed by atoms with Crippen molar-refractivity contribution in [2.75, 3.05) is 6.54 Å². The molecule has 0 aromatic rings. The molecule has 0 radical (unpaired) electrons. The third-order valence-corrected chi connectivity index (χ3v) is 6.37. The van der Waals surface area contributed by atoms with Crippen molar-refractivity contribution >= 4 is 21.1 Å². The second-order valence-corrected chi connectivity index (χ2v) is 7.72. The lowest BCUT2D eigenvalue weighted by Crippen LogP contribution is -2.26. The monoisotopic (exact) mass is 289 g/mol. The molecule has 0 aromatic carbocycles. The van der Waals surface area contributed by atoms with Crippen LogP contribution in [0.1, 0.15) is 20.3 Å². The van der Waals surface area contributed by atoms with E-state index in [1.54, 1.807) is 0 Å². The minimum absolute atomic E-state index is 0.0699. The third kappa shape index (κ3) is 6.31. The van der Waals surface area contributed by atoms with Crippen molar-refractivity contribution in [1.82, 2.24) is 5.32 Å². The Labute approximate surface area is 98.7 Å². The zero-order valence-electron chi connectivity index (χ0n) is 9.48. The van der Waals surface area contributed by atoms with E-state index in [2.05, 4.69) is 5.32 Å². The lowest BCUT2D eigenvalue weighted by Gasteiger charge is -2.25. The van der Waals surface area contributed by atoms with Gasteiger partial charge in [0.15, 0.2) is 5.40 Å². The first-order chi connectivity index (χ1) is 7.46. The molecular weight excluding hydrogens is 272 g/mol. The van der Waals surface area contributed by atoms with Gasteiger partial charge in [-0.05, 0) is 12.3 Å². The largest absolute Gasteiger partial charge is 0.356 e. The maximum absolute atomic E-state index is 11.0. The predicted octanol–water partition coefficient (Wildman–Crippen LogP) is -0.170. The van der Waals surface area contributed by atoms with Gasteiger partial charge in [0.25, 0.3) is 0 Å². The number of rotatable bonds is 6. The van der Waals surface area contributed by atoms with E-state index in [9.17, 15) is 13.9 Å². The lowest BCUT2D eigenvalue weighted by molar-refractivity contribution is -0.118. The van der Waals surface area contributed by atoms with Crippen molar-refractivity contribution in [3.63, 3.8) is 0 Å². The van der Waals surface area contributed by atoms with Crippen molar-refractivity contribution in [2.24, 2.45) is 5.92 Å². The highest BCUT2D eigenvalue weighted by molar-refractivity contribution is 7.70. The van der Waals surface area contributed by atoms with Crippen LogP contribution >= 0.6 is 15.2 Å². The lowest BCUT2D eigenvalue weighted by atomic mass is 10.1. The standard InChI is InChI=1S/C7H17NO7P2/c1-5(3-4-8-6(2)9)7(16(10,11)12)17(13,14)15/h5,7H,3-4H2,1-2H3,(H,8,9)(H2,10,11,12)(H2,13,14,15). The van der Waals surface area contributed by atoms with Gasteiger partial charge in [-0.25, -0.2) is 0 Å². The van der Waals surface area contributed by atoms with Crippen LogP contribution in [0.15, 0.2) is 0 Å². The SMILES string of the molecule is CC(=O)NCCC(C)C(P(=O)(O)O)P(=O)(O)O. The number of nitrogens with one attached hydrogen (secondary N) is 1. The van der Waals surface area contributed by atoms with E-state index in [1.807, 2.05) is 0 Å². The van der Waals surface area contributed by atoms with E-state index in [0.717, 1.165) is 0 Å². The zero-order chi connectivity index (χ0) is 13.9. The number of hydrogen-bond donors (Lipinski definition) is 5. The Kier molecular flexibility index (Phi) is 6.01. The molecule has 0 aliphatic heterocycles. The van der Waals surface area contributed by atoms with Gasteiger partial charge in [-0.3, -0.25) is 13.9 Å². The van der Waals surface area contributed by atoms with Crippen LogP contribution < -0.4 is 5.32 Å². The predicted molar refractivity (Wildman–Crippen MR) is 60.3 cm³/mol. The molecule has 0 aliphatic carbocycles. The summed E-state index contributed by atoms with van der Waals surface area (Å²) in [5.41, 5.74) is 0. The normalized spacial score (nSPS) is 14.8. The van der Waals surface area contributed by atoms with Gasteiger partial charge < -0.3 is 24.9 Å². The third-order valence-electron chi connectivity index (χ3n) is 2.17. The minimum Gasteiger partial charge on any atom is -0.356 e. The van der Waals surface area contributed by atoms with E-state index in [-0.39, 0.29) is 18.9 Å². The molecule has 0 bridgehead atoms. The first-order valence-corrected chi connectivity index (χ1v) is 8.17. The smallest absolute Gasteiger partial charge is 0.340 e. The maximum Gasteiger partial charge on any atom is 0.340 e. The molecule has 1 unspecified atom stereocenters. The van der Waals surface area contributed by atoms with E-state index in [4.69, 9.17) is 19.6 Å². The van der Waals surface area contributed by atoms with Gasteiger partial charge >= 0.3 is 15.2 Å². The number of amides is 1. The first kappa shape index (κ1) is 16.8. The molecule has 0 fully saturated rings. The molecule has 0 aromatic heterocycles. The van der Waals surface area contributed by atoms with Gasteiger partial charge in [0.05, 0.1) is 0 Å². The van der Waals surface area contributed by atoms with E-state index in [1.165, 1.54) is 13.8 Å². The molecule has 0 rings (SSSR count). The van der Waals surface area contributed by atoms with Crippen molar-refractivity contribution in [1.29, 1.82) is 0 Å². The van der Waals surface area contributed by atoms with Crippen LogP contribution in [0.2, 0.25) is 0 Å². The molecule has 102 valence electrons. The van der Waals surface area contributed by atoms with Gasteiger partial charge in [-0.2, -0.15) is 0 Å². The first-order valence-electron chi connectivity index (χ1n) is 4.81. The highest BCUT2D eigenvalue weighted by atomic mass is 31.2. The highest BCUT2D eigenvalue weighted by Crippen LogP contribution is 2.63. The van der Waals surface area contributed by atoms with Crippen LogP contribution in [0.25, 0.3) is 0 Å². The summed E-state index contributed by atoms with van der Waals surface area (Å²) in [5, 5.41) is 0.365. The zero-order valence-corrected chi connectivity index (χ0v) is 11.3. The van der Waals surface area contributed by atoms with Crippen LogP contribution in [0, 0.1) is 5.92 Å². The molecule has 17 heavy (non-hydrogen) atoms. The van der Waals surface area contributed by atoms with E-state index < -0.39 is 26.5 Å². The molecule has 8 nitrogen and oxygen atoms in total. The topological polar surface area (TPSA) is 144 Å². The van der Waals surface area contributed by atoms with Crippen LogP contribution in [-0.4, -0.2) is 37.4 Å². The number of carbonyl (C=O) groups is 1. The number of hydrogen-bond acceptors (Lipinski definition) is 3. The van der Waals surface area contributed by atoms with Gasteiger partial charge in [0, 0.05) is 13.5 Å². The molecular formula is C7H17NO7P2. The quantitative estimate of drug-likeness (QED) is 0.427. The van der Waals surface area contributed by atoms with Crippen LogP contribution in [0.3, 0.4) is 0 Å². The van der Waals surface area contributed by atoms with Crippen molar-refractivity contribution in [2.45, 2.75) is 25.7 Å². The fourth-order valence-corrected chi connectivity index (χ4v) is 4.68. The molecule has 0 spiro atoms. The van der Waals surface area contributed by atoms with Crippen LogP contribution in [0.4, 0.5) is 0 Å². The van der Waals surface area contributed by atoms with E-state index in [0.29, 0.717) is 0 Å². The van der Waals surface area contributed by atoms with Gasteiger partial charge in [0.2, 0.25) is 5.91 Å². The Bertz CT molecular complexity index is 337. The van der Waals surface area contributed by atoms with Crippen molar-refractivity contribution < 1.29 is 33.5 Å². The Hall–Kier alpha value is -0.230. The summed E-state index contributed by atoms with van der Waals surface area (Å²) >= 11 is 0. The second-order valence-electron chi connectivity index (χ2n) is 3.84.